The molecule has 1 aromatic heterocycles. The fourth-order valence-electron chi connectivity index (χ4n) is 11.7. The van der Waals surface area contributed by atoms with Crippen LogP contribution in [0.1, 0.15) is 115 Å². The zero-order chi connectivity index (χ0) is 47.1. The summed E-state index contributed by atoms with van der Waals surface area (Å²) in [6, 6.07) is 10.7. The highest BCUT2D eigenvalue weighted by molar-refractivity contribution is 7.99. The van der Waals surface area contributed by atoms with E-state index in [4.69, 9.17) is 9.47 Å². The van der Waals surface area contributed by atoms with E-state index in [1.165, 1.54) is 23.9 Å². The van der Waals surface area contributed by atoms with Gasteiger partial charge in [0.05, 0.1) is 23.5 Å². The molecule has 1 aromatic carbocycles. The van der Waals surface area contributed by atoms with Crippen molar-refractivity contribution in [1.82, 2.24) is 10.3 Å². The minimum Gasteiger partial charge on any atom is -0.390 e. The first kappa shape index (κ1) is 48.7. The van der Waals surface area contributed by atoms with Crippen LogP contribution in [0.3, 0.4) is 0 Å². The maximum absolute atomic E-state index is 17.7. The van der Waals surface area contributed by atoms with Gasteiger partial charge in [0.15, 0.2) is 34.9 Å². The summed E-state index contributed by atoms with van der Waals surface area (Å²) in [6.45, 7) is 7.96. The van der Waals surface area contributed by atoms with Gasteiger partial charge in [-0.3, -0.25) is 33.8 Å². The van der Waals surface area contributed by atoms with Crippen LogP contribution in [0.2, 0.25) is 0 Å². The van der Waals surface area contributed by atoms with Crippen molar-refractivity contribution in [2.24, 2.45) is 28.6 Å². The summed E-state index contributed by atoms with van der Waals surface area (Å²) in [5.41, 5.74) is -2.02. The predicted molar refractivity (Wildman–Crippen MR) is 242 cm³/mol. The van der Waals surface area contributed by atoms with Gasteiger partial charge in [0, 0.05) is 65.8 Å². The van der Waals surface area contributed by atoms with Gasteiger partial charge in [0.2, 0.25) is 5.91 Å². The van der Waals surface area contributed by atoms with E-state index in [9.17, 15) is 39.0 Å². The molecule has 12 atom stereocenters. The van der Waals surface area contributed by atoms with Crippen molar-refractivity contribution in [3.8, 4) is 0 Å². The number of fused-ring (bicyclic) bond motifs is 7. The number of alkyl halides is 1. The molecule has 0 spiro atoms. The molecular formula is C51H63FN2O10S. The molecule has 3 saturated carbocycles. The number of ketones is 5. The van der Waals surface area contributed by atoms with E-state index in [0.717, 1.165) is 16.8 Å². The van der Waals surface area contributed by atoms with Gasteiger partial charge < -0.3 is 25.0 Å². The summed E-state index contributed by atoms with van der Waals surface area (Å²) in [4.78, 5) is 81.1. The minimum absolute atomic E-state index is 0.0548. The molecule has 0 bridgehead atoms. The third kappa shape index (κ3) is 8.90. The number of ether oxygens (including phenoxy) is 2. The Hall–Kier alpha value is -4.21. The molecule has 4 fully saturated rings. The van der Waals surface area contributed by atoms with E-state index in [0.29, 0.717) is 56.1 Å². The lowest BCUT2D eigenvalue weighted by atomic mass is 9.44. The summed E-state index contributed by atoms with van der Waals surface area (Å²) >= 11 is 1.48. The van der Waals surface area contributed by atoms with E-state index < -0.39 is 76.8 Å². The maximum Gasteiger partial charge on any atom is 0.223 e. The number of Topliss-reactive ketones (excluding diaryl/α,β-unsaturated/α-hetero) is 4. The molecule has 1 saturated heterocycles. The number of aliphatic hydroxyl groups is 2. The Kier molecular flexibility index (Phi) is 14.4. The number of aromatic nitrogens is 1. The number of aliphatic hydroxyl groups excluding tert-OH is 2. The average Bonchev–Trinajstić information content (AvgIpc) is 3.79. The predicted octanol–water partition coefficient (Wildman–Crippen LogP) is 6.26. The molecule has 1 unspecified atom stereocenters. The first-order valence-corrected chi connectivity index (χ1v) is 24.3. The summed E-state index contributed by atoms with van der Waals surface area (Å²) in [6.07, 6.45) is 8.38. The Labute approximate surface area is 385 Å². The van der Waals surface area contributed by atoms with Crippen LogP contribution in [-0.2, 0) is 57.5 Å². The average molecular weight is 915 g/mol. The van der Waals surface area contributed by atoms with Gasteiger partial charge in [-0.15, -0.1) is 0 Å². The van der Waals surface area contributed by atoms with Crippen molar-refractivity contribution < 1.29 is 52.8 Å². The van der Waals surface area contributed by atoms with Gasteiger partial charge >= 0.3 is 0 Å². The SMILES string of the molecule is CSC(C)C(=O)CCCC(=O)C[C@@H](C)C(=O)N[C@@H](C)C(=O)Cc1ccc(CCc2ccc([C@@H]3O[C@@H]4C[C@H]5[C@@H]6CCC7=CC(=O)C=C[C@]7(C)[C@@]6(F)[C@@H](O)C[C@]5(C)[C@]4(C(=O)CO)O3)cn2)cc1. The third-order valence-corrected chi connectivity index (χ3v) is 16.6. The van der Waals surface area contributed by atoms with Gasteiger partial charge in [0.1, 0.15) is 18.2 Å². The highest BCUT2D eigenvalue weighted by Gasteiger charge is 2.79. The summed E-state index contributed by atoms with van der Waals surface area (Å²) < 4.78 is 30.9. The number of pyridine rings is 1. The molecular weight excluding hydrogens is 852 g/mol. The van der Waals surface area contributed by atoms with Crippen LogP contribution in [0.15, 0.2) is 66.4 Å². The number of hydrogen-bond acceptors (Lipinski definition) is 12. The molecule has 1 aliphatic heterocycles. The van der Waals surface area contributed by atoms with Crippen LogP contribution in [0.25, 0.3) is 0 Å². The lowest BCUT2D eigenvalue weighted by molar-refractivity contribution is -0.231. The van der Waals surface area contributed by atoms with Crippen LogP contribution in [-0.4, -0.2) is 97.7 Å². The van der Waals surface area contributed by atoms with E-state index in [-0.39, 0.29) is 60.0 Å². The van der Waals surface area contributed by atoms with Crippen molar-refractivity contribution in [2.45, 2.75) is 146 Å². The van der Waals surface area contributed by atoms with Crippen LogP contribution in [0, 0.1) is 28.6 Å². The number of hydrogen-bond donors (Lipinski definition) is 3. The lowest BCUT2D eigenvalue weighted by Crippen LogP contribution is -2.69. The van der Waals surface area contributed by atoms with Gasteiger partial charge in [-0.2, -0.15) is 11.8 Å². The second-order valence-corrected chi connectivity index (χ2v) is 20.7. The quantitative estimate of drug-likeness (QED) is 0.144. The Balaban J connectivity index is 0.908. The number of benzene rings is 1. The zero-order valence-corrected chi connectivity index (χ0v) is 39.1. The molecule has 1 amide bonds. The van der Waals surface area contributed by atoms with Crippen molar-refractivity contribution >= 4 is 46.6 Å². The third-order valence-electron chi connectivity index (χ3n) is 15.6. The maximum atomic E-state index is 17.7. The molecule has 5 aliphatic rings. The number of aryl methyl sites for hydroxylation is 2. The largest absolute Gasteiger partial charge is 0.390 e. The first-order valence-electron chi connectivity index (χ1n) is 23.0. The highest BCUT2D eigenvalue weighted by atomic mass is 32.2. The van der Waals surface area contributed by atoms with E-state index in [1.54, 1.807) is 33.0 Å². The first-order chi connectivity index (χ1) is 30.8. The highest BCUT2D eigenvalue weighted by Crippen LogP contribution is 2.72. The van der Waals surface area contributed by atoms with Crippen LogP contribution in [0.4, 0.5) is 4.39 Å². The second-order valence-electron chi connectivity index (χ2n) is 19.5. The lowest BCUT2D eigenvalue weighted by Gasteiger charge is -2.62. The Bertz CT molecular complexity index is 2250. The summed E-state index contributed by atoms with van der Waals surface area (Å²) in [5, 5.41) is 24.8. The van der Waals surface area contributed by atoms with Gasteiger partial charge in [-0.25, -0.2) is 4.39 Å². The molecule has 14 heteroatoms. The number of rotatable bonds is 19. The van der Waals surface area contributed by atoms with E-state index >= 15 is 4.39 Å². The number of thioether (sulfide) groups is 1. The number of amides is 1. The van der Waals surface area contributed by atoms with Gasteiger partial charge in [-0.05, 0) is 107 Å². The molecule has 7 rings (SSSR count). The topological polar surface area (TPSA) is 186 Å². The smallest absolute Gasteiger partial charge is 0.223 e. The summed E-state index contributed by atoms with van der Waals surface area (Å²) in [5.74, 6) is -2.87. The van der Waals surface area contributed by atoms with E-state index in [2.05, 4.69) is 10.3 Å². The fraction of sp³-hybridized carbons (Fsp3) is 0.588. The minimum atomic E-state index is -2.08. The van der Waals surface area contributed by atoms with Crippen molar-refractivity contribution in [1.29, 1.82) is 0 Å². The number of carbonyl (C=O) groups is 6. The Morgan fingerprint density at radius 3 is 2.38 bits per heavy atom. The number of carbonyl (C=O) groups excluding carboxylic acids is 6. The molecule has 2 heterocycles. The molecule has 0 radical (unpaired) electrons. The standard InChI is InChI=1S/C51H63FN2O10S/c1-29(22-37(56)8-7-9-41(58)31(3)65-6)46(62)54-30(2)42(59)23-33-12-10-32(11-13-33)14-17-36-18-15-34(27-53-36)47-63-45-25-40-39-19-16-35-24-38(57)20-21-48(35,4)50(39,52)43(60)26-49(40,5)51(45,64-47)44(61)28-55/h10-13,15,18,20-21,24,27,29-31,39-40,43,45,47,55,60H,7-9,14,16-17,19,22-23,25-26,28H2,1-6H3,(H,54,62)/t29-,30+,31?,39+,40+,43+,45-,47-,48+,49+,50+,51-/m1/s1. The number of nitrogens with one attached hydrogen (secondary N) is 1. The van der Waals surface area contributed by atoms with Crippen LogP contribution >= 0.6 is 11.8 Å². The van der Waals surface area contributed by atoms with Crippen molar-refractivity contribution in [3.05, 3.63) is 88.8 Å². The molecule has 350 valence electrons. The van der Waals surface area contributed by atoms with Crippen molar-refractivity contribution in [3.63, 3.8) is 0 Å². The monoisotopic (exact) mass is 914 g/mol. The molecule has 12 nitrogen and oxygen atoms in total. The van der Waals surface area contributed by atoms with Crippen LogP contribution in [0.5, 0.6) is 0 Å². The summed E-state index contributed by atoms with van der Waals surface area (Å²) in [7, 11) is 0. The normalized spacial score (nSPS) is 32.5. The van der Waals surface area contributed by atoms with Gasteiger partial charge in [0.25, 0.3) is 0 Å². The zero-order valence-electron chi connectivity index (χ0n) is 38.3. The fourth-order valence-corrected chi connectivity index (χ4v) is 12.0. The molecule has 3 N–H and O–H groups in total. The molecule has 4 aliphatic carbocycles. The Morgan fingerprint density at radius 2 is 1.71 bits per heavy atom. The Morgan fingerprint density at radius 1 is 0.985 bits per heavy atom. The number of allylic oxidation sites excluding steroid dienone is 4. The molecule has 2 aromatic rings. The molecule has 65 heavy (non-hydrogen) atoms. The van der Waals surface area contributed by atoms with Crippen LogP contribution < -0.4 is 5.32 Å². The second kappa shape index (κ2) is 19.2. The number of nitrogens with zero attached hydrogens (tertiary/aromatic N) is 1. The van der Waals surface area contributed by atoms with E-state index in [1.807, 2.05) is 56.5 Å². The van der Waals surface area contributed by atoms with Crippen molar-refractivity contribution in [2.75, 3.05) is 12.9 Å². The van der Waals surface area contributed by atoms with Gasteiger partial charge in [-0.1, -0.05) is 55.8 Å². The number of halogens is 1.